The van der Waals surface area contributed by atoms with Crippen LogP contribution in [0.15, 0.2) is 18.2 Å². The minimum Gasteiger partial charge on any atom is -0.491 e. The first kappa shape index (κ1) is 18.8. The van der Waals surface area contributed by atoms with Gasteiger partial charge in [0.25, 0.3) is 0 Å². The number of carbonyl (C=O) groups excluding carboxylic acids is 3. The van der Waals surface area contributed by atoms with Gasteiger partial charge in [-0.25, -0.2) is 4.79 Å². The highest BCUT2D eigenvalue weighted by Crippen LogP contribution is 2.21. The molecule has 0 spiro atoms. The Labute approximate surface area is 147 Å². The van der Waals surface area contributed by atoms with E-state index in [9.17, 15) is 14.4 Å². The van der Waals surface area contributed by atoms with E-state index in [4.69, 9.17) is 4.74 Å². The first-order chi connectivity index (χ1) is 11.9. The van der Waals surface area contributed by atoms with Crippen LogP contribution in [0.2, 0.25) is 0 Å². The van der Waals surface area contributed by atoms with E-state index in [1.54, 1.807) is 7.05 Å². The summed E-state index contributed by atoms with van der Waals surface area (Å²) < 4.78 is 5.73. The zero-order valence-electron chi connectivity index (χ0n) is 15.0. The highest BCUT2D eigenvalue weighted by atomic mass is 16.5. The molecule has 25 heavy (non-hydrogen) atoms. The van der Waals surface area contributed by atoms with Crippen LogP contribution in [0.1, 0.15) is 24.0 Å². The molecule has 1 saturated heterocycles. The zero-order chi connectivity index (χ0) is 18.4. The maximum absolute atomic E-state index is 11.8. The fourth-order valence-corrected chi connectivity index (χ4v) is 2.75. The molecule has 0 aliphatic carbocycles. The van der Waals surface area contributed by atoms with Crippen LogP contribution in [0, 0.1) is 13.8 Å². The Morgan fingerprint density at radius 2 is 1.92 bits per heavy atom. The van der Waals surface area contributed by atoms with Crippen molar-refractivity contribution in [3.05, 3.63) is 29.3 Å². The number of nitrogens with zero attached hydrogens (tertiary/aromatic N) is 2. The quantitative estimate of drug-likeness (QED) is 0.571. The largest absolute Gasteiger partial charge is 0.491 e. The van der Waals surface area contributed by atoms with Gasteiger partial charge in [-0.1, -0.05) is 18.2 Å². The second kappa shape index (κ2) is 8.50. The van der Waals surface area contributed by atoms with Gasteiger partial charge in [-0.05, 0) is 31.4 Å². The number of benzene rings is 1. The zero-order valence-corrected chi connectivity index (χ0v) is 15.0. The fourth-order valence-electron chi connectivity index (χ4n) is 2.75. The second-order valence-corrected chi connectivity index (χ2v) is 6.21. The van der Waals surface area contributed by atoms with E-state index >= 15 is 0 Å². The monoisotopic (exact) mass is 347 g/mol. The molecule has 136 valence electrons. The standard InChI is InChI=1S/C18H25N3O4/c1-13-6-4-7-14(2)17(13)25-11-9-19-15(22)8-5-10-21-16(23)12-20(3)18(21)24/h4,6-7H,5,8-12H2,1-3H3,(H,19,22). The highest BCUT2D eigenvalue weighted by molar-refractivity contribution is 6.01. The number of hydrogen-bond donors (Lipinski definition) is 1. The maximum Gasteiger partial charge on any atom is 0.326 e. The molecule has 7 nitrogen and oxygen atoms in total. The van der Waals surface area contributed by atoms with Gasteiger partial charge in [0.1, 0.15) is 18.9 Å². The Balaban J connectivity index is 1.63. The van der Waals surface area contributed by atoms with Gasteiger partial charge in [0.2, 0.25) is 11.8 Å². The van der Waals surface area contributed by atoms with Crippen LogP contribution >= 0.6 is 0 Å². The molecule has 1 fully saturated rings. The van der Waals surface area contributed by atoms with Crippen molar-refractivity contribution in [1.29, 1.82) is 0 Å². The number of likely N-dealkylation sites (N-methyl/N-ethyl adjacent to an activating group) is 1. The number of carbonyl (C=O) groups is 3. The van der Waals surface area contributed by atoms with Crippen LogP contribution in [0.25, 0.3) is 0 Å². The summed E-state index contributed by atoms with van der Waals surface area (Å²) in [6.07, 6.45) is 0.721. The minimum atomic E-state index is -0.299. The smallest absolute Gasteiger partial charge is 0.326 e. The molecule has 1 N–H and O–H groups in total. The van der Waals surface area contributed by atoms with Crippen molar-refractivity contribution in [3.8, 4) is 5.75 Å². The Bertz CT molecular complexity index is 639. The van der Waals surface area contributed by atoms with E-state index in [1.165, 1.54) is 9.80 Å². The molecule has 0 unspecified atom stereocenters. The number of hydrogen-bond acceptors (Lipinski definition) is 4. The Kier molecular flexibility index (Phi) is 6.38. The highest BCUT2D eigenvalue weighted by Gasteiger charge is 2.32. The molecule has 4 amide bonds. The molecule has 0 radical (unpaired) electrons. The van der Waals surface area contributed by atoms with Gasteiger partial charge < -0.3 is 15.0 Å². The first-order valence-electron chi connectivity index (χ1n) is 8.41. The predicted molar refractivity (Wildman–Crippen MR) is 93.4 cm³/mol. The van der Waals surface area contributed by atoms with E-state index < -0.39 is 0 Å². The molecule has 0 aromatic heterocycles. The molecule has 1 heterocycles. The van der Waals surface area contributed by atoms with Crippen LogP contribution in [-0.2, 0) is 9.59 Å². The van der Waals surface area contributed by atoms with Crippen molar-refractivity contribution >= 4 is 17.8 Å². The van der Waals surface area contributed by atoms with E-state index in [2.05, 4.69) is 5.32 Å². The minimum absolute atomic E-state index is 0.112. The van der Waals surface area contributed by atoms with Crippen LogP contribution in [0.3, 0.4) is 0 Å². The van der Waals surface area contributed by atoms with E-state index in [0.717, 1.165) is 16.9 Å². The summed E-state index contributed by atoms with van der Waals surface area (Å²) in [6, 6.07) is 5.65. The third-order valence-corrected chi connectivity index (χ3v) is 4.10. The lowest BCUT2D eigenvalue weighted by Crippen LogP contribution is -2.34. The van der Waals surface area contributed by atoms with E-state index in [-0.39, 0.29) is 37.4 Å². The molecule has 2 rings (SSSR count). The second-order valence-electron chi connectivity index (χ2n) is 6.21. The molecule has 0 saturated carbocycles. The summed E-state index contributed by atoms with van der Waals surface area (Å²) in [5.41, 5.74) is 2.13. The van der Waals surface area contributed by atoms with Gasteiger partial charge in [0.05, 0.1) is 6.54 Å². The predicted octanol–water partition coefficient (Wildman–Crippen LogP) is 1.47. The fraction of sp³-hybridized carbons (Fsp3) is 0.500. The summed E-state index contributed by atoms with van der Waals surface area (Å²) in [6.45, 7) is 5.16. The topological polar surface area (TPSA) is 79.0 Å². The van der Waals surface area contributed by atoms with Crippen molar-refractivity contribution in [2.45, 2.75) is 26.7 Å². The number of urea groups is 1. The Morgan fingerprint density at radius 1 is 1.24 bits per heavy atom. The average molecular weight is 347 g/mol. The van der Waals surface area contributed by atoms with E-state index in [1.807, 2.05) is 32.0 Å². The lowest BCUT2D eigenvalue weighted by molar-refractivity contribution is -0.126. The lowest BCUT2D eigenvalue weighted by Gasteiger charge is -2.14. The first-order valence-corrected chi connectivity index (χ1v) is 8.41. The van der Waals surface area contributed by atoms with E-state index in [0.29, 0.717) is 19.6 Å². The van der Waals surface area contributed by atoms with Crippen LogP contribution < -0.4 is 10.1 Å². The molecular weight excluding hydrogens is 322 g/mol. The van der Waals surface area contributed by atoms with Crippen LogP contribution in [-0.4, -0.2) is 60.9 Å². The van der Waals surface area contributed by atoms with Gasteiger partial charge in [0, 0.05) is 20.0 Å². The Hall–Kier alpha value is -2.57. The van der Waals surface area contributed by atoms with Gasteiger partial charge in [-0.2, -0.15) is 0 Å². The molecule has 1 aliphatic rings. The molecule has 1 aromatic rings. The summed E-state index contributed by atoms with van der Waals surface area (Å²) in [5.74, 6) is 0.527. The van der Waals surface area contributed by atoms with Crippen molar-refractivity contribution in [1.82, 2.24) is 15.1 Å². The van der Waals surface area contributed by atoms with Crippen LogP contribution in [0.4, 0.5) is 4.79 Å². The van der Waals surface area contributed by atoms with Gasteiger partial charge in [0.15, 0.2) is 0 Å². The number of aryl methyl sites for hydroxylation is 2. The molecule has 0 atom stereocenters. The number of nitrogens with one attached hydrogen (secondary N) is 1. The normalized spacial score (nSPS) is 14.2. The molecule has 0 bridgehead atoms. The van der Waals surface area contributed by atoms with Crippen molar-refractivity contribution in [2.24, 2.45) is 0 Å². The summed E-state index contributed by atoms with van der Waals surface area (Å²) in [7, 11) is 1.59. The van der Waals surface area contributed by atoms with Gasteiger partial charge in [-0.15, -0.1) is 0 Å². The SMILES string of the molecule is Cc1cccc(C)c1OCCNC(=O)CCCN1C(=O)CN(C)C1=O. The number of ether oxygens (including phenoxy) is 1. The summed E-state index contributed by atoms with van der Waals surface area (Å²) in [5, 5.41) is 2.79. The molecular formula is C18H25N3O4. The third kappa shape index (κ3) is 4.95. The summed E-state index contributed by atoms with van der Waals surface area (Å²) >= 11 is 0. The van der Waals surface area contributed by atoms with Crippen molar-refractivity contribution in [2.75, 3.05) is 33.3 Å². The van der Waals surface area contributed by atoms with Crippen molar-refractivity contribution in [3.63, 3.8) is 0 Å². The Morgan fingerprint density at radius 3 is 2.52 bits per heavy atom. The average Bonchev–Trinajstić information content (AvgIpc) is 2.80. The molecule has 1 aliphatic heterocycles. The number of imide groups is 1. The van der Waals surface area contributed by atoms with Gasteiger partial charge in [-0.3, -0.25) is 14.5 Å². The number of para-hydroxylation sites is 1. The van der Waals surface area contributed by atoms with Gasteiger partial charge >= 0.3 is 6.03 Å². The molecule has 1 aromatic carbocycles. The van der Waals surface area contributed by atoms with Crippen LogP contribution in [0.5, 0.6) is 5.75 Å². The molecule has 7 heteroatoms. The lowest BCUT2D eigenvalue weighted by atomic mass is 10.1. The summed E-state index contributed by atoms with van der Waals surface area (Å²) in [4.78, 5) is 37.7. The number of amides is 4. The third-order valence-electron chi connectivity index (χ3n) is 4.10. The van der Waals surface area contributed by atoms with Crippen molar-refractivity contribution < 1.29 is 19.1 Å². The number of rotatable bonds is 8. The maximum atomic E-state index is 11.8.